The summed E-state index contributed by atoms with van der Waals surface area (Å²) in [5.41, 5.74) is 13.5. The molecular formula is C51H32N6. The van der Waals surface area contributed by atoms with E-state index in [9.17, 15) is 0 Å². The van der Waals surface area contributed by atoms with E-state index in [0.29, 0.717) is 11.6 Å². The van der Waals surface area contributed by atoms with E-state index in [1.54, 1.807) is 12.4 Å². The molecule has 0 N–H and O–H groups in total. The Morgan fingerprint density at radius 2 is 0.772 bits per heavy atom. The first-order valence-corrected chi connectivity index (χ1v) is 19.0. The summed E-state index contributed by atoms with van der Waals surface area (Å²) in [4.78, 5) is 29.6. The fourth-order valence-electron chi connectivity index (χ4n) is 8.61. The van der Waals surface area contributed by atoms with Crippen molar-refractivity contribution >= 4 is 21.8 Å². The molecular weight excluding hydrogens is 697 g/mol. The van der Waals surface area contributed by atoms with Crippen molar-refractivity contribution in [3.63, 3.8) is 0 Å². The molecule has 0 saturated carbocycles. The summed E-state index contributed by atoms with van der Waals surface area (Å²) < 4.78 is 0. The topological polar surface area (TPSA) is 77.3 Å². The van der Waals surface area contributed by atoms with Crippen molar-refractivity contribution in [1.29, 1.82) is 0 Å². The Balaban J connectivity index is 1.20. The van der Waals surface area contributed by atoms with E-state index in [4.69, 9.17) is 19.9 Å². The molecule has 6 aromatic carbocycles. The molecule has 0 fully saturated rings. The lowest BCUT2D eigenvalue weighted by Gasteiger charge is -2.34. The molecule has 57 heavy (non-hydrogen) atoms. The molecule has 0 unspecified atom stereocenters. The van der Waals surface area contributed by atoms with Gasteiger partial charge in [0.15, 0.2) is 11.6 Å². The van der Waals surface area contributed by atoms with Crippen molar-refractivity contribution < 1.29 is 0 Å². The predicted octanol–water partition coefficient (Wildman–Crippen LogP) is 11.4. The molecule has 1 aliphatic carbocycles. The second-order valence-corrected chi connectivity index (χ2v) is 14.3. The monoisotopic (exact) mass is 728 g/mol. The van der Waals surface area contributed by atoms with Crippen LogP contribution in [0.1, 0.15) is 22.3 Å². The molecule has 0 saturated heterocycles. The molecule has 0 radical (unpaired) electrons. The highest BCUT2D eigenvalue weighted by Gasteiger charge is 2.46. The van der Waals surface area contributed by atoms with Crippen LogP contribution < -0.4 is 0 Å². The maximum atomic E-state index is 5.22. The minimum Gasteiger partial charge on any atom is -0.253 e. The minimum atomic E-state index is -0.579. The molecule has 6 nitrogen and oxygen atoms in total. The van der Waals surface area contributed by atoms with Gasteiger partial charge in [-0.15, -0.1) is 0 Å². The molecule has 11 rings (SSSR count). The third-order valence-electron chi connectivity index (χ3n) is 11.1. The van der Waals surface area contributed by atoms with Gasteiger partial charge >= 0.3 is 0 Å². The van der Waals surface area contributed by atoms with Gasteiger partial charge in [-0.25, -0.2) is 19.9 Å². The molecule has 0 spiro atoms. The van der Waals surface area contributed by atoms with E-state index in [-0.39, 0.29) is 0 Å². The first-order chi connectivity index (χ1) is 28.3. The molecule has 0 aliphatic heterocycles. The second kappa shape index (κ2) is 13.3. The number of rotatable bonds is 6. The van der Waals surface area contributed by atoms with Crippen LogP contribution >= 0.6 is 0 Å². The van der Waals surface area contributed by atoms with Gasteiger partial charge in [0.2, 0.25) is 0 Å². The number of fused-ring (bicyclic) bond motifs is 5. The largest absolute Gasteiger partial charge is 0.253 e. The molecule has 1 aliphatic rings. The fourth-order valence-corrected chi connectivity index (χ4v) is 8.61. The Labute approximate surface area is 329 Å². The van der Waals surface area contributed by atoms with Crippen LogP contribution in [-0.4, -0.2) is 29.9 Å². The molecule has 4 heterocycles. The highest BCUT2D eigenvalue weighted by atomic mass is 14.9. The van der Waals surface area contributed by atoms with Crippen LogP contribution in [0, 0.1) is 0 Å². The molecule has 0 bridgehead atoms. The fraction of sp³-hybridized carbons (Fsp3) is 0.0196. The van der Waals surface area contributed by atoms with Crippen molar-refractivity contribution in [3.8, 4) is 56.7 Å². The van der Waals surface area contributed by atoms with Crippen molar-refractivity contribution in [2.45, 2.75) is 5.41 Å². The first-order valence-electron chi connectivity index (χ1n) is 19.0. The van der Waals surface area contributed by atoms with Gasteiger partial charge in [0.05, 0.1) is 27.8 Å². The summed E-state index contributed by atoms with van der Waals surface area (Å²) in [7, 11) is 0. The van der Waals surface area contributed by atoms with E-state index in [1.165, 1.54) is 22.3 Å². The van der Waals surface area contributed by atoms with Crippen molar-refractivity contribution in [3.05, 3.63) is 217 Å². The van der Waals surface area contributed by atoms with Crippen molar-refractivity contribution in [2.75, 3.05) is 0 Å². The van der Waals surface area contributed by atoms with Gasteiger partial charge < -0.3 is 0 Å². The van der Waals surface area contributed by atoms with E-state index in [2.05, 4.69) is 119 Å². The van der Waals surface area contributed by atoms with Crippen molar-refractivity contribution in [1.82, 2.24) is 29.9 Å². The van der Waals surface area contributed by atoms with E-state index in [1.807, 2.05) is 72.8 Å². The van der Waals surface area contributed by atoms with E-state index < -0.39 is 5.41 Å². The normalized spacial score (nSPS) is 12.7. The average Bonchev–Trinajstić information content (AvgIpc) is 3.59. The number of pyridine rings is 2. The van der Waals surface area contributed by atoms with Gasteiger partial charge in [-0.05, 0) is 81.9 Å². The van der Waals surface area contributed by atoms with Crippen molar-refractivity contribution in [2.24, 2.45) is 0 Å². The average molecular weight is 729 g/mol. The van der Waals surface area contributed by atoms with Crippen LogP contribution in [-0.2, 0) is 5.41 Å². The second-order valence-electron chi connectivity index (χ2n) is 14.3. The highest BCUT2D eigenvalue weighted by molar-refractivity contribution is 5.98. The smallest absolute Gasteiger partial charge is 0.179 e. The van der Waals surface area contributed by atoms with Gasteiger partial charge in [0.1, 0.15) is 11.4 Å². The van der Waals surface area contributed by atoms with Gasteiger partial charge in [-0.2, -0.15) is 0 Å². The number of para-hydroxylation sites is 2. The van der Waals surface area contributed by atoms with E-state index >= 15 is 0 Å². The van der Waals surface area contributed by atoms with Gasteiger partial charge in [-0.1, -0.05) is 133 Å². The highest BCUT2D eigenvalue weighted by Crippen LogP contribution is 2.57. The van der Waals surface area contributed by atoms with Gasteiger partial charge in [0.25, 0.3) is 0 Å². The molecule has 0 amide bonds. The Hall–Kier alpha value is -7.70. The Kier molecular flexibility index (Phi) is 7.60. The number of aromatic nitrogens is 6. The summed E-state index contributed by atoms with van der Waals surface area (Å²) in [6.45, 7) is 0. The molecule has 266 valence electrons. The molecule has 6 heteroatoms. The zero-order chi connectivity index (χ0) is 37.8. The number of benzene rings is 6. The minimum absolute atomic E-state index is 0.579. The number of nitrogens with zero attached hydrogens (tertiary/aromatic N) is 6. The maximum Gasteiger partial charge on any atom is 0.179 e. The molecule has 10 aromatic rings. The SMILES string of the molecule is c1ccc(C2(c3ccccc3)c3ccc(-c4nc(-c5ccccn5)nc5ccccc45)cc3-c3cc(-c4nc(-c5ccccn5)nc5ccccc45)ccc32)cc1. The quantitative estimate of drug-likeness (QED) is 0.170. The Morgan fingerprint density at radius 1 is 0.351 bits per heavy atom. The Morgan fingerprint density at radius 3 is 1.21 bits per heavy atom. The van der Waals surface area contributed by atoms with Crippen LogP contribution in [0.4, 0.5) is 0 Å². The summed E-state index contributed by atoms with van der Waals surface area (Å²) in [6.07, 6.45) is 3.56. The zero-order valence-electron chi connectivity index (χ0n) is 30.7. The first kappa shape index (κ1) is 32.7. The molecule has 0 atom stereocenters. The van der Waals surface area contributed by atoms with Crippen LogP contribution in [0.2, 0.25) is 0 Å². The van der Waals surface area contributed by atoms with Crippen LogP contribution in [0.15, 0.2) is 194 Å². The van der Waals surface area contributed by atoms with Gasteiger partial charge in [-0.3, -0.25) is 9.97 Å². The van der Waals surface area contributed by atoms with Gasteiger partial charge in [0, 0.05) is 34.3 Å². The standard InChI is InChI=1S/C51H32N6/c1-3-15-35(16-4-1)51(36-17-5-2-6-18-36)41-27-25-33(47-37-19-7-9-21-43(37)54-49(56-47)45-23-11-13-29-52-45)31-39(41)40-32-34(26-28-42(40)51)48-38-20-8-10-22-44(38)55-50(57-48)46-24-12-14-30-53-46/h1-32H. The van der Waals surface area contributed by atoms with Crippen LogP contribution in [0.5, 0.6) is 0 Å². The Bertz CT molecular complexity index is 2900. The number of hydrogen-bond acceptors (Lipinski definition) is 6. The van der Waals surface area contributed by atoms with E-state index in [0.717, 1.165) is 66.8 Å². The lowest BCUT2D eigenvalue weighted by molar-refractivity contribution is 0.768. The lowest BCUT2D eigenvalue weighted by Crippen LogP contribution is -2.28. The third kappa shape index (κ3) is 5.26. The maximum absolute atomic E-state index is 5.22. The summed E-state index contributed by atoms with van der Waals surface area (Å²) >= 11 is 0. The number of hydrogen-bond donors (Lipinski definition) is 0. The predicted molar refractivity (Wildman–Crippen MR) is 227 cm³/mol. The van der Waals surface area contributed by atoms with Crippen LogP contribution in [0.25, 0.3) is 78.5 Å². The third-order valence-corrected chi connectivity index (χ3v) is 11.1. The summed E-state index contributed by atoms with van der Waals surface area (Å²) in [6, 6.07) is 63.5. The van der Waals surface area contributed by atoms with Crippen LogP contribution in [0.3, 0.4) is 0 Å². The lowest BCUT2D eigenvalue weighted by atomic mass is 9.67. The molecule has 4 aromatic heterocycles. The summed E-state index contributed by atoms with van der Waals surface area (Å²) in [5.74, 6) is 1.18. The zero-order valence-corrected chi connectivity index (χ0v) is 30.7. The summed E-state index contributed by atoms with van der Waals surface area (Å²) in [5, 5.41) is 1.96.